The molecule has 2 aliphatic rings. The fourth-order valence-electron chi connectivity index (χ4n) is 3.44. The first-order valence-corrected chi connectivity index (χ1v) is 8.92. The number of likely N-dealkylation sites (tertiary alicyclic amines) is 1. The smallest absolute Gasteiger partial charge is 0.233 e. The number of benzene rings is 1. The highest BCUT2D eigenvalue weighted by molar-refractivity contribution is 6.31. The number of nitrogens with zero attached hydrogens (tertiary/aromatic N) is 1. The molecule has 1 aliphatic carbocycles. The van der Waals surface area contributed by atoms with Gasteiger partial charge in [0.2, 0.25) is 17.7 Å². The van der Waals surface area contributed by atoms with Crippen LogP contribution in [-0.2, 0) is 14.4 Å². The molecular weight excluding hydrogens is 340 g/mol. The van der Waals surface area contributed by atoms with Crippen molar-refractivity contribution in [1.82, 2.24) is 4.90 Å². The Labute approximate surface area is 152 Å². The summed E-state index contributed by atoms with van der Waals surface area (Å²) in [5, 5.41) is 3.43. The second kappa shape index (κ2) is 7.40. The minimum absolute atomic E-state index is 0.0922. The maximum absolute atomic E-state index is 12.4. The summed E-state index contributed by atoms with van der Waals surface area (Å²) >= 11 is 6.04. The van der Waals surface area contributed by atoms with E-state index in [-0.39, 0.29) is 36.0 Å². The number of anilines is 1. The van der Waals surface area contributed by atoms with Crippen LogP contribution in [0.1, 0.15) is 31.2 Å². The summed E-state index contributed by atoms with van der Waals surface area (Å²) in [5.74, 6) is -0.750. The standard InChI is InChI=1S/C19H21ClN2O3/c1-12-15(20)8-4-9-16(12)21-17(23)10-5-11-22-18(24)13-6-2-3-7-14(13)19(22)25/h2-4,8-9,13-14H,5-7,10-11H2,1H3,(H,21,23)/t13-,14-/m1/s1. The summed E-state index contributed by atoms with van der Waals surface area (Å²) in [4.78, 5) is 38.2. The number of carbonyl (C=O) groups excluding carboxylic acids is 3. The Morgan fingerprint density at radius 3 is 2.48 bits per heavy atom. The van der Waals surface area contributed by atoms with Gasteiger partial charge in [-0.1, -0.05) is 29.8 Å². The molecule has 0 spiro atoms. The molecule has 3 rings (SSSR count). The topological polar surface area (TPSA) is 66.5 Å². The molecule has 1 aromatic rings. The molecular formula is C19H21ClN2O3. The number of allylic oxidation sites excluding steroid dienone is 2. The monoisotopic (exact) mass is 360 g/mol. The summed E-state index contributed by atoms with van der Waals surface area (Å²) in [7, 11) is 0. The molecule has 25 heavy (non-hydrogen) atoms. The number of halogens is 1. The minimum atomic E-state index is -0.208. The summed E-state index contributed by atoms with van der Waals surface area (Å²) in [6.07, 6.45) is 5.92. The third-order valence-electron chi connectivity index (χ3n) is 4.93. The van der Waals surface area contributed by atoms with Crippen LogP contribution in [0.2, 0.25) is 5.02 Å². The Hall–Kier alpha value is -2.14. The highest BCUT2D eigenvalue weighted by atomic mass is 35.5. The molecule has 1 aliphatic heterocycles. The maximum atomic E-state index is 12.4. The number of fused-ring (bicyclic) bond motifs is 1. The molecule has 5 nitrogen and oxygen atoms in total. The van der Waals surface area contributed by atoms with E-state index in [4.69, 9.17) is 11.6 Å². The van der Waals surface area contributed by atoms with Crippen molar-refractivity contribution in [3.05, 3.63) is 40.9 Å². The van der Waals surface area contributed by atoms with Crippen LogP contribution >= 0.6 is 11.6 Å². The van der Waals surface area contributed by atoms with Gasteiger partial charge in [0.1, 0.15) is 0 Å². The summed E-state index contributed by atoms with van der Waals surface area (Å²) < 4.78 is 0. The third kappa shape index (κ3) is 3.61. The van der Waals surface area contributed by atoms with Gasteiger partial charge in [-0.05, 0) is 43.9 Å². The van der Waals surface area contributed by atoms with Crippen LogP contribution in [0.5, 0.6) is 0 Å². The average Bonchev–Trinajstić information content (AvgIpc) is 2.84. The van der Waals surface area contributed by atoms with Gasteiger partial charge >= 0.3 is 0 Å². The van der Waals surface area contributed by atoms with Gasteiger partial charge in [0.05, 0.1) is 11.8 Å². The fourth-order valence-corrected chi connectivity index (χ4v) is 3.62. The van der Waals surface area contributed by atoms with Gasteiger partial charge in [-0.25, -0.2) is 0 Å². The lowest BCUT2D eigenvalue weighted by Crippen LogP contribution is -2.32. The Morgan fingerprint density at radius 1 is 1.20 bits per heavy atom. The molecule has 1 fully saturated rings. The first-order chi connectivity index (χ1) is 12.0. The van der Waals surface area contributed by atoms with Gasteiger partial charge in [0, 0.05) is 23.7 Å². The zero-order valence-corrected chi connectivity index (χ0v) is 14.9. The fraction of sp³-hybridized carbons (Fsp3) is 0.421. The number of hydrogen-bond acceptors (Lipinski definition) is 3. The van der Waals surface area contributed by atoms with Crippen LogP contribution < -0.4 is 5.32 Å². The summed E-state index contributed by atoms with van der Waals surface area (Å²) in [6.45, 7) is 2.14. The number of hydrogen-bond donors (Lipinski definition) is 1. The van der Waals surface area contributed by atoms with Crippen molar-refractivity contribution in [2.45, 2.75) is 32.6 Å². The molecule has 2 atom stereocenters. The van der Waals surface area contributed by atoms with Crippen molar-refractivity contribution in [3.63, 3.8) is 0 Å². The predicted molar refractivity (Wildman–Crippen MR) is 96.1 cm³/mol. The summed E-state index contributed by atoms with van der Waals surface area (Å²) in [5.41, 5.74) is 1.50. The highest BCUT2D eigenvalue weighted by Crippen LogP contribution is 2.35. The Bertz CT molecular complexity index is 718. The van der Waals surface area contributed by atoms with E-state index in [0.717, 1.165) is 5.56 Å². The number of nitrogens with one attached hydrogen (secondary N) is 1. The molecule has 1 heterocycles. The molecule has 132 valence electrons. The van der Waals surface area contributed by atoms with E-state index in [1.807, 2.05) is 19.1 Å². The van der Waals surface area contributed by atoms with Gasteiger partial charge in [-0.15, -0.1) is 0 Å². The van der Waals surface area contributed by atoms with Crippen molar-refractivity contribution in [3.8, 4) is 0 Å². The Kier molecular flexibility index (Phi) is 5.23. The van der Waals surface area contributed by atoms with Crippen LogP contribution in [0.15, 0.2) is 30.4 Å². The van der Waals surface area contributed by atoms with E-state index in [1.165, 1.54) is 4.90 Å². The number of rotatable bonds is 5. The number of amides is 3. The van der Waals surface area contributed by atoms with Gasteiger partial charge < -0.3 is 5.32 Å². The molecule has 0 saturated carbocycles. The second-order valence-corrected chi connectivity index (χ2v) is 6.96. The molecule has 1 aromatic carbocycles. The quantitative estimate of drug-likeness (QED) is 0.647. The maximum Gasteiger partial charge on any atom is 0.233 e. The lowest BCUT2D eigenvalue weighted by Gasteiger charge is -2.14. The molecule has 0 radical (unpaired) electrons. The molecule has 0 bridgehead atoms. The van der Waals surface area contributed by atoms with Gasteiger partial charge in [-0.2, -0.15) is 0 Å². The molecule has 0 aromatic heterocycles. The van der Waals surface area contributed by atoms with E-state index in [1.54, 1.807) is 18.2 Å². The third-order valence-corrected chi connectivity index (χ3v) is 5.34. The zero-order valence-electron chi connectivity index (χ0n) is 14.1. The van der Waals surface area contributed by atoms with Crippen LogP contribution in [0.4, 0.5) is 5.69 Å². The van der Waals surface area contributed by atoms with Crippen LogP contribution in [-0.4, -0.2) is 29.2 Å². The van der Waals surface area contributed by atoms with Crippen LogP contribution in [0.3, 0.4) is 0 Å². The molecule has 6 heteroatoms. The van der Waals surface area contributed by atoms with E-state index in [2.05, 4.69) is 5.32 Å². The molecule has 3 amide bonds. The number of carbonyl (C=O) groups is 3. The van der Waals surface area contributed by atoms with E-state index < -0.39 is 0 Å². The second-order valence-electron chi connectivity index (χ2n) is 6.55. The zero-order chi connectivity index (χ0) is 18.0. The lowest BCUT2D eigenvalue weighted by atomic mass is 9.85. The predicted octanol–water partition coefficient (Wildman–Crippen LogP) is 3.32. The highest BCUT2D eigenvalue weighted by Gasteiger charge is 2.46. The Morgan fingerprint density at radius 2 is 1.84 bits per heavy atom. The van der Waals surface area contributed by atoms with Crippen molar-refractivity contribution in [1.29, 1.82) is 0 Å². The first-order valence-electron chi connectivity index (χ1n) is 8.54. The Balaban J connectivity index is 1.51. The van der Waals surface area contributed by atoms with Gasteiger partial charge in [0.25, 0.3) is 0 Å². The number of imide groups is 1. The van der Waals surface area contributed by atoms with Crippen molar-refractivity contribution in [2.24, 2.45) is 11.8 Å². The largest absolute Gasteiger partial charge is 0.326 e. The molecule has 0 unspecified atom stereocenters. The van der Waals surface area contributed by atoms with Crippen LogP contribution in [0.25, 0.3) is 0 Å². The van der Waals surface area contributed by atoms with Crippen molar-refractivity contribution >= 4 is 35.0 Å². The minimum Gasteiger partial charge on any atom is -0.326 e. The molecule has 1 N–H and O–H groups in total. The first kappa shape index (κ1) is 17.7. The normalized spacial score (nSPS) is 22.2. The summed E-state index contributed by atoms with van der Waals surface area (Å²) in [6, 6.07) is 5.35. The molecule has 1 saturated heterocycles. The van der Waals surface area contributed by atoms with E-state index in [0.29, 0.717) is 36.5 Å². The van der Waals surface area contributed by atoms with E-state index in [9.17, 15) is 14.4 Å². The van der Waals surface area contributed by atoms with E-state index >= 15 is 0 Å². The SMILES string of the molecule is Cc1c(Cl)cccc1NC(=O)CCCN1C(=O)[C@@H]2CC=CC[C@H]2C1=O. The van der Waals surface area contributed by atoms with Crippen molar-refractivity contribution in [2.75, 3.05) is 11.9 Å². The van der Waals surface area contributed by atoms with Gasteiger partial charge in [0.15, 0.2) is 0 Å². The van der Waals surface area contributed by atoms with Crippen molar-refractivity contribution < 1.29 is 14.4 Å². The van der Waals surface area contributed by atoms with Gasteiger partial charge in [-0.3, -0.25) is 19.3 Å². The van der Waals surface area contributed by atoms with Crippen LogP contribution in [0, 0.1) is 18.8 Å². The lowest BCUT2D eigenvalue weighted by molar-refractivity contribution is -0.140. The average molecular weight is 361 g/mol.